The average Bonchev–Trinajstić information content (AvgIpc) is 3.41. The van der Waals surface area contributed by atoms with Gasteiger partial charge in [0.1, 0.15) is 0 Å². The van der Waals surface area contributed by atoms with Crippen molar-refractivity contribution < 1.29 is 4.79 Å². The van der Waals surface area contributed by atoms with Crippen molar-refractivity contribution in [2.24, 2.45) is 0 Å². The highest BCUT2D eigenvalue weighted by Crippen LogP contribution is 2.26. The molecule has 2 aromatic heterocycles. The maximum atomic E-state index is 13.3. The molecule has 5 aromatic rings. The van der Waals surface area contributed by atoms with Crippen LogP contribution in [0.1, 0.15) is 21.5 Å². The number of nitrogens with one attached hydrogen (secondary N) is 1. The highest BCUT2D eigenvalue weighted by atomic mass is 16.2. The molecule has 1 fully saturated rings. The van der Waals surface area contributed by atoms with Crippen molar-refractivity contribution in [1.82, 2.24) is 29.9 Å². The molecular formula is C27H26N8O. The number of benzene rings is 3. The first-order chi connectivity index (χ1) is 17.6. The van der Waals surface area contributed by atoms with Crippen LogP contribution >= 0.6 is 0 Å². The molecule has 0 saturated carbocycles. The van der Waals surface area contributed by atoms with E-state index in [1.165, 1.54) is 16.8 Å². The Morgan fingerprint density at radius 1 is 0.917 bits per heavy atom. The molecule has 1 aliphatic heterocycles. The maximum absolute atomic E-state index is 13.3. The van der Waals surface area contributed by atoms with E-state index in [1.54, 1.807) is 4.52 Å². The number of tetrazole rings is 1. The molecule has 3 aromatic carbocycles. The van der Waals surface area contributed by atoms with Gasteiger partial charge < -0.3 is 15.1 Å². The largest absolute Gasteiger partial charge is 0.368 e. The Balaban J connectivity index is 1.20. The van der Waals surface area contributed by atoms with Gasteiger partial charge in [-0.2, -0.15) is 4.52 Å². The van der Waals surface area contributed by atoms with Crippen molar-refractivity contribution in [1.29, 1.82) is 0 Å². The fourth-order valence-electron chi connectivity index (χ4n) is 4.77. The second-order valence-corrected chi connectivity index (χ2v) is 9.07. The first kappa shape index (κ1) is 22.0. The molecule has 0 spiro atoms. The number of nitrogens with zero attached hydrogens (tertiary/aromatic N) is 7. The normalized spacial score (nSPS) is 13.9. The molecule has 0 bridgehead atoms. The van der Waals surface area contributed by atoms with Crippen LogP contribution in [0.2, 0.25) is 0 Å². The quantitative estimate of drug-likeness (QED) is 0.418. The number of para-hydroxylation sites is 2. The molecule has 180 valence electrons. The first-order valence-corrected chi connectivity index (χ1v) is 12.0. The lowest BCUT2D eigenvalue weighted by molar-refractivity contribution is 0.0747. The van der Waals surface area contributed by atoms with E-state index in [-0.39, 0.29) is 5.91 Å². The number of amides is 1. The Morgan fingerprint density at radius 2 is 1.72 bits per heavy atom. The highest BCUT2D eigenvalue weighted by Gasteiger charge is 2.23. The summed E-state index contributed by atoms with van der Waals surface area (Å²) in [5.74, 6) is 0.561. The molecule has 36 heavy (non-hydrogen) atoms. The molecule has 6 rings (SSSR count). The van der Waals surface area contributed by atoms with E-state index in [0.29, 0.717) is 30.1 Å². The van der Waals surface area contributed by atoms with Crippen LogP contribution in [-0.2, 0) is 0 Å². The van der Waals surface area contributed by atoms with Crippen molar-refractivity contribution in [3.05, 3.63) is 83.4 Å². The standard InChI is InChI=1S/C27H26N8O/c1-18-7-5-12-23(19(18)2)33-13-15-34(16-14-33)27(36)20-8-6-9-21(17-20)28-25-26-30-31-32-35(26)24-11-4-3-10-22(24)29-25/h3-12,17H,13-16H2,1-2H3,(H,28,29). The highest BCUT2D eigenvalue weighted by molar-refractivity contribution is 5.95. The van der Waals surface area contributed by atoms with Crippen molar-refractivity contribution >= 4 is 39.8 Å². The van der Waals surface area contributed by atoms with E-state index >= 15 is 0 Å². The zero-order valence-electron chi connectivity index (χ0n) is 20.2. The minimum absolute atomic E-state index is 0.0278. The minimum Gasteiger partial charge on any atom is -0.368 e. The second-order valence-electron chi connectivity index (χ2n) is 9.07. The number of fused-ring (bicyclic) bond motifs is 3. The summed E-state index contributed by atoms with van der Waals surface area (Å²) in [5.41, 5.74) is 7.35. The van der Waals surface area contributed by atoms with E-state index in [9.17, 15) is 4.79 Å². The van der Waals surface area contributed by atoms with Crippen molar-refractivity contribution in [2.75, 3.05) is 36.4 Å². The van der Waals surface area contributed by atoms with Crippen LogP contribution in [0.15, 0.2) is 66.7 Å². The zero-order chi connectivity index (χ0) is 24.6. The number of hydrogen-bond donors (Lipinski definition) is 1. The summed E-state index contributed by atoms with van der Waals surface area (Å²) in [5, 5.41) is 15.4. The molecule has 0 atom stereocenters. The van der Waals surface area contributed by atoms with Crippen molar-refractivity contribution in [3.63, 3.8) is 0 Å². The topological polar surface area (TPSA) is 91.5 Å². The van der Waals surface area contributed by atoms with Gasteiger partial charge in [-0.1, -0.05) is 30.3 Å². The van der Waals surface area contributed by atoms with Crippen molar-refractivity contribution in [2.45, 2.75) is 13.8 Å². The van der Waals surface area contributed by atoms with Crippen LogP contribution in [-0.4, -0.2) is 62.0 Å². The number of anilines is 3. The fourth-order valence-corrected chi connectivity index (χ4v) is 4.77. The van der Waals surface area contributed by atoms with E-state index in [0.717, 1.165) is 29.8 Å². The third-order valence-corrected chi connectivity index (χ3v) is 6.88. The molecule has 9 nitrogen and oxygen atoms in total. The summed E-state index contributed by atoms with van der Waals surface area (Å²) in [6, 6.07) is 21.6. The van der Waals surface area contributed by atoms with Gasteiger partial charge in [-0.25, -0.2) is 4.98 Å². The first-order valence-electron chi connectivity index (χ1n) is 12.0. The molecule has 0 aliphatic carbocycles. The lowest BCUT2D eigenvalue weighted by atomic mass is 10.1. The number of hydrogen-bond acceptors (Lipinski definition) is 7. The number of carbonyl (C=O) groups excluding carboxylic acids is 1. The van der Waals surface area contributed by atoms with Crippen LogP contribution in [0.4, 0.5) is 17.2 Å². The summed E-state index contributed by atoms with van der Waals surface area (Å²) in [6.45, 7) is 7.29. The Kier molecular flexibility index (Phi) is 5.44. The summed E-state index contributed by atoms with van der Waals surface area (Å²) in [7, 11) is 0. The molecule has 1 aliphatic rings. The Morgan fingerprint density at radius 3 is 2.58 bits per heavy atom. The van der Waals surface area contributed by atoms with Gasteiger partial charge in [0.05, 0.1) is 11.0 Å². The summed E-state index contributed by atoms with van der Waals surface area (Å²) < 4.78 is 1.66. The number of piperazine rings is 1. The predicted molar refractivity (Wildman–Crippen MR) is 140 cm³/mol. The van der Waals surface area contributed by atoms with Gasteiger partial charge in [-0.15, -0.1) is 5.10 Å². The van der Waals surface area contributed by atoms with Gasteiger partial charge >= 0.3 is 0 Å². The lowest BCUT2D eigenvalue weighted by Crippen LogP contribution is -2.49. The SMILES string of the molecule is Cc1cccc(N2CCN(C(=O)c3cccc(Nc4nc5ccccc5n5nnnc45)c3)CC2)c1C. The second kappa shape index (κ2) is 8.92. The fraction of sp³-hybridized carbons (Fsp3) is 0.222. The molecule has 1 N–H and O–H groups in total. The van der Waals surface area contributed by atoms with Crippen LogP contribution in [0.3, 0.4) is 0 Å². The number of aryl methyl sites for hydroxylation is 1. The van der Waals surface area contributed by atoms with E-state index in [4.69, 9.17) is 4.98 Å². The van der Waals surface area contributed by atoms with Gasteiger partial charge in [0.15, 0.2) is 5.82 Å². The molecular weight excluding hydrogens is 452 g/mol. The smallest absolute Gasteiger partial charge is 0.254 e. The number of carbonyl (C=O) groups is 1. The summed E-state index contributed by atoms with van der Waals surface area (Å²) >= 11 is 0. The Bertz CT molecular complexity index is 1590. The Hall–Kier alpha value is -4.53. The predicted octanol–water partition coefficient (Wildman–Crippen LogP) is 4.00. The van der Waals surface area contributed by atoms with Gasteiger partial charge in [0, 0.05) is 43.1 Å². The number of rotatable bonds is 4. The van der Waals surface area contributed by atoms with Crippen LogP contribution in [0, 0.1) is 13.8 Å². The molecule has 9 heteroatoms. The number of aromatic nitrogens is 5. The average molecular weight is 479 g/mol. The van der Waals surface area contributed by atoms with Crippen LogP contribution in [0.5, 0.6) is 0 Å². The summed E-state index contributed by atoms with van der Waals surface area (Å²) in [4.78, 5) is 22.3. The van der Waals surface area contributed by atoms with Gasteiger partial charge in [-0.05, 0) is 71.8 Å². The third-order valence-electron chi connectivity index (χ3n) is 6.88. The minimum atomic E-state index is 0.0278. The molecule has 1 amide bonds. The molecule has 1 saturated heterocycles. The van der Waals surface area contributed by atoms with E-state index < -0.39 is 0 Å². The van der Waals surface area contributed by atoms with Gasteiger partial charge in [0.2, 0.25) is 5.65 Å². The van der Waals surface area contributed by atoms with Gasteiger partial charge in [-0.3, -0.25) is 4.79 Å². The third kappa shape index (κ3) is 3.88. The zero-order valence-corrected chi connectivity index (χ0v) is 20.2. The monoisotopic (exact) mass is 478 g/mol. The molecule has 3 heterocycles. The van der Waals surface area contributed by atoms with Crippen molar-refractivity contribution in [3.8, 4) is 0 Å². The molecule has 0 radical (unpaired) electrons. The lowest BCUT2D eigenvalue weighted by Gasteiger charge is -2.37. The summed E-state index contributed by atoms with van der Waals surface area (Å²) in [6.07, 6.45) is 0. The van der Waals surface area contributed by atoms with Gasteiger partial charge in [0.25, 0.3) is 5.91 Å². The maximum Gasteiger partial charge on any atom is 0.254 e. The molecule has 0 unspecified atom stereocenters. The Labute approximate surface area is 208 Å². The van der Waals surface area contributed by atoms with Crippen LogP contribution in [0.25, 0.3) is 16.7 Å². The van der Waals surface area contributed by atoms with E-state index in [2.05, 4.69) is 57.8 Å². The van der Waals surface area contributed by atoms with E-state index in [1.807, 2.05) is 53.4 Å². The van der Waals surface area contributed by atoms with Crippen LogP contribution < -0.4 is 10.2 Å².